The fourth-order valence-electron chi connectivity index (χ4n) is 2.70. The summed E-state index contributed by atoms with van der Waals surface area (Å²) in [5.41, 5.74) is 0.0565. The molecule has 2 rings (SSSR count). The lowest BCUT2D eigenvalue weighted by Crippen LogP contribution is -2.33. The lowest BCUT2D eigenvalue weighted by molar-refractivity contribution is 0.0671. The van der Waals surface area contributed by atoms with Crippen LogP contribution in [0.15, 0.2) is 6.33 Å². The Morgan fingerprint density at radius 1 is 1.47 bits per heavy atom. The van der Waals surface area contributed by atoms with Gasteiger partial charge < -0.3 is 15.0 Å². The highest BCUT2D eigenvalue weighted by molar-refractivity contribution is 6.02. The van der Waals surface area contributed by atoms with Crippen molar-refractivity contribution in [2.24, 2.45) is 5.41 Å². The van der Waals surface area contributed by atoms with Crippen LogP contribution in [0.2, 0.25) is 0 Å². The van der Waals surface area contributed by atoms with E-state index in [0.717, 1.165) is 19.3 Å². The third kappa shape index (κ3) is 2.34. The van der Waals surface area contributed by atoms with Gasteiger partial charge in [0.1, 0.15) is 0 Å². The summed E-state index contributed by atoms with van der Waals surface area (Å²) in [6.45, 7) is 5.63. The van der Waals surface area contributed by atoms with Crippen LogP contribution in [-0.2, 0) is 0 Å². The largest absolute Gasteiger partial charge is 0.477 e. The molecular formula is C13H19N3O3. The fraction of sp³-hybridized carbons (Fsp3) is 0.615. The first-order valence-electron chi connectivity index (χ1n) is 6.59. The van der Waals surface area contributed by atoms with Crippen molar-refractivity contribution in [2.45, 2.75) is 33.1 Å². The summed E-state index contributed by atoms with van der Waals surface area (Å²) < 4.78 is 0. The average Bonchev–Trinajstić information content (AvgIpc) is 3.05. The van der Waals surface area contributed by atoms with Crippen molar-refractivity contribution in [1.82, 2.24) is 14.9 Å². The van der Waals surface area contributed by atoms with Gasteiger partial charge in [-0.15, -0.1) is 0 Å². The minimum absolute atomic E-state index is 0.00973. The van der Waals surface area contributed by atoms with E-state index in [9.17, 15) is 9.59 Å². The van der Waals surface area contributed by atoms with Crippen molar-refractivity contribution in [3.63, 3.8) is 0 Å². The van der Waals surface area contributed by atoms with E-state index in [-0.39, 0.29) is 22.7 Å². The molecule has 0 aliphatic carbocycles. The predicted molar refractivity (Wildman–Crippen MR) is 69.1 cm³/mol. The molecule has 19 heavy (non-hydrogen) atoms. The molecule has 0 bridgehead atoms. The van der Waals surface area contributed by atoms with E-state index in [1.165, 1.54) is 6.33 Å². The summed E-state index contributed by atoms with van der Waals surface area (Å²) in [5.74, 6) is -1.44. The standard InChI is InChI=1S/C13H19N3O3/c1-3-13(4-2)5-6-16(7-13)11(17)9-10(12(18)19)15-8-14-9/h8H,3-7H2,1-2H3,(H,14,15)(H,18,19). The summed E-state index contributed by atoms with van der Waals surface area (Å²) >= 11 is 0. The molecule has 0 saturated carbocycles. The summed E-state index contributed by atoms with van der Waals surface area (Å²) in [7, 11) is 0. The molecular weight excluding hydrogens is 246 g/mol. The summed E-state index contributed by atoms with van der Waals surface area (Å²) in [6, 6.07) is 0. The van der Waals surface area contributed by atoms with Crippen LogP contribution in [0.1, 0.15) is 54.1 Å². The van der Waals surface area contributed by atoms with Crippen molar-refractivity contribution >= 4 is 11.9 Å². The Balaban J connectivity index is 2.18. The number of aromatic carboxylic acids is 1. The van der Waals surface area contributed by atoms with E-state index in [1.807, 2.05) is 0 Å². The zero-order valence-electron chi connectivity index (χ0n) is 11.3. The Morgan fingerprint density at radius 2 is 2.16 bits per heavy atom. The van der Waals surface area contributed by atoms with Crippen LogP contribution in [0.25, 0.3) is 0 Å². The van der Waals surface area contributed by atoms with Crippen LogP contribution in [0.5, 0.6) is 0 Å². The Kier molecular flexibility index (Phi) is 3.59. The number of imidazole rings is 1. The first kappa shape index (κ1) is 13.6. The van der Waals surface area contributed by atoms with Gasteiger partial charge in [-0.3, -0.25) is 4.79 Å². The highest BCUT2D eigenvalue weighted by atomic mass is 16.4. The quantitative estimate of drug-likeness (QED) is 0.868. The van der Waals surface area contributed by atoms with Crippen LogP contribution in [0.3, 0.4) is 0 Å². The number of likely N-dealkylation sites (tertiary alicyclic amines) is 1. The van der Waals surface area contributed by atoms with Crippen LogP contribution in [0.4, 0.5) is 0 Å². The Bertz CT molecular complexity index is 491. The topological polar surface area (TPSA) is 86.3 Å². The predicted octanol–water partition coefficient (Wildman–Crippen LogP) is 1.76. The van der Waals surface area contributed by atoms with Crippen LogP contribution < -0.4 is 0 Å². The normalized spacial score (nSPS) is 17.7. The van der Waals surface area contributed by atoms with E-state index in [0.29, 0.717) is 13.1 Å². The van der Waals surface area contributed by atoms with E-state index >= 15 is 0 Å². The Hall–Kier alpha value is -1.85. The van der Waals surface area contributed by atoms with Crippen molar-refractivity contribution in [3.05, 3.63) is 17.7 Å². The van der Waals surface area contributed by atoms with Crippen molar-refractivity contribution in [3.8, 4) is 0 Å². The second-order valence-corrected chi connectivity index (χ2v) is 5.12. The summed E-state index contributed by atoms with van der Waals surface area (Å²) in [6.07, 6.45) is 4.28. The zero-order chi connectivity index (χ0) is 14.0. The molecule has 1 fully saturated rings. The van der Waals surface area contributed by atoms with Gasteiger partial charge in [0.2, 0.25) is 0 Å². The van der Waals surface area contributed by atoms with Crippen LogP contribution >= 0.6 is 0 Å². The zero-order valence-corrected chi connectivity index (χ0v) is 11.3. The number of rotatable bonds is 4. The second kappa shape index (κ2) is 5.03. The number of hydrogen-bond acceptors (Lipinski definition) is 3. The number of H-pyrrole nitrogens is 1. The number of nitrogens with one attached hydrogen (secondary N) is 1. The number of carbonyl (C=O) groups is 2. The number of nitrogens with zero attached hydrogens (tertiary/aromatic N) is 2. The van der Waals surface area contributed by atoms with Gasteiger partial charge in [-0.05, 0) is 24.7 Å². The first-order valence-corrected chi connectivity index (χ1v) is 6.59. The van der Waals surface area contributed by atoms with Gasteiger partial charge in [-0.1, -0.05) is 13.8 Å². The number of carboxylic acid groups (broad SMARTS) is 1. The second-order valence-electron chi connectivity index (χ2n) is 5.12. The van der Waals surface area contributed by atoms with E-state index in [1.54, 1.807) is 4.90 Å². The Morgan fingerprint density at radius 3 is 2.68 bits per heavy atom. The van der Waals surface area contributed by atoms with Crippen molar-refractivity contribution in [1.29, 1.82) is 0 Å². The number of aromatic amines is 1. The molecule has 0 aromatic carbocycles. The number of amides is 1. The molecule has 0 atom stereocenters. The number of aromatic nitrogens is 2. The highest BCUT2D eigenvalue weighted by Crippen LogP contribution is 2.37. The maximum absolute atomic E-state index is 12.3. The van der Waals surface area contributed by atoms with Gasteiger partial charge in [0.15, 0.2) is 11.4 Å². The lowest BCUT2D eigenvalue weighted by Gasteiger charge is -2.26. The van der Waals surface area contributed by atoms with Gasteiger partial charge in [0, 0.05) is 13.1 Å². The van der Waals surface area contributed by atoms with Gasteiger partial charge in [0.05, 0.1) is 6.33 Å². The molecule has 104 valence electrons. The molecule has 2 N–H and O–H groups in total. The molecule has 1 aliphatic rings. The van der Waals surface area contributed by atoms with Gasteiger partial charge in [-0.25, -0.2) is 9.78 Å². The van der Waals surface area contributed by atoms with E-state index in [2.05, 4.69) is 23.8 Å². The third-order valence-electron chi connectivity index (χ3n) is 4.28. The molecule has 1 aromatic heterocycles. The summed E-state index contributed by atoms with van der Waals surface area (Å²) in [4.78, 5) is 31.4. The van der Waals surface area contributed by atoms with Crippen molar-refractivity contribution < 1.29 is 14.7 Å². The average molecular weight is 265 g/mol. The molecule has 1 saturated heterocycles. The smallest absolute Gasteiger partial charge is 0.354 e. The fourth-order valence-corrected chi connectivity index (χ4v) is 2.70. The molecule has 6 nitrogen and oxygen atoms in total. The minimum Gasteiger partial charge on any atom is -0.477 e. The molecule has 0 spiro atoms. The Labute approximate surface area is 111 Å². The molecule has 1 amide bonds. The highest BCUT2D eigenvalue weighted by Gasteiger charge is 2.38. The van der Waals surface area contributed by atoms with Gasteiger partial charge in [-0.2, -0.15) is 0 Å². The molecule has 1 aliphatic heterocycles. The number of hydrogen-bond donors (Lipinski definition) is 2. The SMILES string of the molecule is CCC1(CC)CCN(C(=O)c2nc[nH]c2C(=O)O)C1. The van der Waals surface area contributed by atoms with Crippen molar-refractivity contribution in [2.75, 3.05) is 13.1 Å². The minimum atomic E-state index is -1.16. The monoisotopic (exact) mass is 265 g/mol. The van der Waals surface area contributed by atoms with Gasteiger partial charge in [0.25, 0.3) is 5.91 Å². The molecule has 1 aromatic rings. The third-order valence-corrected chi connectivity index (χ3v) is 4.28. The summed E-state index contributed by atoms with van der Waals surface area (Å²) in [5, 5.41) is 9.00. The maximum Gasteiger partial charge on any atom is 0.354 e. The molecule has 2 heterocycles. The van der Waals surface area contributed by atoms with Crippen LogP contribution in [0, 0.1) is 5.41 Å². The number of carboxylic acids is 1. The maximum atomic E-state index is 12.3. The van der Waals surface area contributed by atoms with Gasteiger partial charge >= 0.3 is 5.97 Å². The van der Waals surface area contributed by atoms with E-state index in [4.69, 9.17) is 5.11 Å². The molecule has 0 unspecified atom stereocenters. The molecule has 6 heteroatoms. The molecule has 0 radical (unpaired) electrons. The van der Waals surface area contributed by atoms with Crippen LogP contribution in [-0.4, -0.2) is 44.9 Å². The first-order chi connectivity index (χ1) is 9.03. The number of carbonyl (C=O) groups excluding carboxylic acids is 1. The van der Waals surface area contributed by atoms with E-state index < -0.39 is 5.97 Å². The lowest BCUT2D eigenvalue weighted by atomic mass is 9.82.